The van der Waals surface area contributed by atoms with Gasteiger partial charge in [-0.2, -0.15) is 0 Å². The van der Waals surface area contributed by atoms with Gasteiger partial charge in [0.2, 0.25) is 0 Å². The van der Waals surface area contributed by atoms with Gasteiger partial charge in [0.25, 0.3) is 0 Å². The second-order valence-electron chi connectivity index (χ2n) is 4.09. The van der Waals surface area contributed by atoms with Gasteiger partial charge in [-0.25, -0.2) is 0 Å². The fourth-order valence-electron chi connectivity index (χ4n) is 2.25. The van der Waals surface area contributed by atoms with Crippen LogP contribution < -0.4 is 0 Å². The number of hydrogen-bond acceptors (Lipinski definition) is 3. The maximum atomic E-state index is 9.17. The molecule has 3 nitrogen and oxygen atoms in total. The summed E-state index contributed by atoms with van der Waals surface area (Å²) in [6.07, 6.45) is 0.796. The molecule has 0 saturated carbocycles. The Balaban J connectivity index is 2.09. The number of aliphatic hydroxyl groups excluding tert-OH is 1. The maximum absolute atomic E-state index is 9.17. The zero-order chi connectivity index (χ0) is 11.2. The highest BCUT2D eigenvalue weighted by molar-refractivity contribution is 5.19. The minimum absolute atomic E-state index is 0.233. The van der Waals surface area contributed by atoms with E-state index in [1.807, 2.05) is 6.07 Å². The average molecular weight is 221 g/mol. The molecule has 0 radical (unpaired) electrons. The standard InChI is InChI=1S/C13H19NO2/c15-9-6-13(12-4-2-1-3-5-12)14-7-10-16-11-8-14/h1-5,13,15H,6-11H2. The van der Waals surface area contributed by atoms with Gasteiger partial charge in [-0.1, -0.05) is 30.3 Å². The second kappa shape index (κ2) is 5.99. The molecule has 1 aliphatic rings. The molecule has 0 aromatic heterocycles. The van der Waals surface area contributed by atoms with Gasteiger partial charge in [0.15, 0.2) is 0 Å². The third-order valence-electron chi connectivity index (χ3n) is 3.07. The lowest BCUT2D eigenvalue weighted by atomic mass is 10.0. The molecule has 1 aromatic rings. The highest BCUT2D eigenvalue weighted by atomic mass is 16.5. The van der Waals surface area contributed by atoms with Crippen molar-refractivity contribution in [3.63, 3.8) is 0 Å². The monoisotopic (exact) mass is 221 g/mol. The average Bonchev–Trinajstić information content (AvgIpc) is 2.38. The number of nitrogens with zero attached hydrogens (tertiary/aromatic N) is 1. The van der Waals surface area contributed by atoms with Crippen LogP contribution in [0.2, 0.25) is 0 Å². The molecule has 0 amide bonds. The summed E-state index contributed by atoms with van der Waals surface area (Å²) >= 11 is 0. The molecule has 0 bridgehead atoms. The van der Waals surface area contributed by atoms with E-state index in [4.69, 9.17) is 4.74 Å². The van der Waals surface area contributed by atoms with Crippen molar-refractivity contribution < 1.29 is 9.84 Å². The molecule has 88 valence electrons. The second-order valence-corrected chi connectivity index (χ2v) is 4.09. The molecule has 1 saturated heterocycles. The van der Waals surface area contributed by atoms with E-state index in [9.17, 15) is 5.11 Å². The molecule has 1 N–H and O–H groups in total. The smallest absolute Gasteiger partial charge is 0.0594 e. The molecular weight excluding hydrogens is 202 g/mol. The lowest BCUT2D eigenvalue weighted by Crippen LogP contribution is -2.39. The van der Waals surface area contributed by atoms with E-state index < -0.39 is 0 Å². The number of ether oxygens (including phenoxy) is 1. The van der Waals surface area contributed by atoms with E-state index >= 15 is 0 Å². The third-order valence-corrected chi connectivity index (χ3v) is 3.07. The SMILES string of the molecule is OCCC(c1ccccc1)N1CCOCC1. The van der Waals surface area contributed by atoms with E-state index in [2.05, 4.69) is 29.2 Å². The molecule has 3 heteroatoms. The van der Waals surface area contributed by atoms with Crippen LogP contribution in [-0.4, -0.2) is 42.9 Å². The zero-order valence-corrected chi connectivity index (χ0v) is 9.51. The van der Waals surface area contributed by atoms with E-state index in [0.717, 1.165) is 32.7 Å². The molecule has 1 aliphatic heterocycles. The Hall–Kier alpha value is -0.900. The molecule has 1 fully saturated rings. The molecule has 0 spiro atoms. The number of benzene rings is 1. The molecule has 2 rings (SSSR count). The Morgan fingerprint density at radius 2 is 1.88 bits per heavy atom. The first-order valence-electron chi connectivity index (χ1n) is 5.89. The molecular formula is C13H19NO2. The van der Waals surface area contributed by atoms with Crippen molar-refractivity contribution in [3.05, 3.63) is 35.9 Å². The van der Waals surface area contributed by atoms with Crippen LogP contribution in [0, 0.1) is 0 Å². The van der Waals surface area contributed by atoms with Gasteiger partial charge in [-0.05, 0) is 12.0 Å². The van der Waals surface area contributed by atoms with Gasteiger partial charge in [0, 0.05) is 25.7 Å². The first-order chi connectivity index (χ1) is 7.92. The van der Waals surface area contributed by atoms with Crippen molar-refractivity contribution in [1.29, 1.82) is 0 Å². The normalized spacial score (nSPS) is 19.6. The molecule has 1 aromatic carbocycles. The fraction of sp³-hybridized carbons (Fsp3) is 0.538. The number of aliphatic hydroxyl groups is 1. The van der Waals surface area contributed by atoms with E-state index in [-0.39, 0.29) is 6.61 Å². The first-order valence-corrected chi connectivity index (χ1v) is 5.89. The van der Waals surface area contributed by atoms with Gasteiger partial charge in [0.1, 0.15) is 0 Å². The van der Waals surface area contributed by atoms with Crippen molar-refractivity contribution in [2.45, 2.75) is 12.5 Å². The highest BCUT2D eigenvalue weighted by Crippen LogP contribution is 2.24. The summed E-state index contributed by atoms with van der Waals surface area (Å²) in [5.41, 5.74) is 1.29. The molecule has 0 aliphatic carbocycles. The van der Waals surface area contributed by atoms with Crippen LogP contribution in [0.15, 0.2) is 30.3 Å². The third kappa shape index (κ3) is 2.82. The van der Waals surface area contributed by atoms with Crippen molar-refractivity contribution in [3.8, 4) is 0 Å². The molecule has 1 atom stereocenters. The van der Waals surface area contributed by atoms with Crippen molar-refractivity contribution >= 4 is 0 Å². The molecule has 1 heterocycles. The fourth-order valence-corrected chi connectivity index (χ4v) is 2.25. The van der Waals surface area contributed by atoms with Crippen molar-refractivity contribution in [1.82, 2.24) is 4.90 Å². The predicted octanol–water partition coefficient (Wildman–Crippen LogP) is 1.44. The van der Waals surface area contributed by atoms with E-state index in [1.54, 1.807) is 0 Å². The Morgan fingerprint density at radius 1 is 1.19 bits per heavy atom. The maximum Gasteiger partial charge on any atom is 0.0594 e. The van der Waals surface area contributed by atoms with Gasteiger partial charge in [-0.15, -0.1) is 0 Å². The van der Waals surface area contributed by atoms with E-state index in [0.29, 0.717) is 6.04 Å². The molecule has 1 unspecified atom stereocenters. The van der Waals surface area contributed by atoms with Gasteiger partial charge in [0.05, 0.1) is 13.2 Å². The Kier molecular flexibility index (Phi) is 4.34. The Morgan fingerprint density at radius 3 is 2.50 bits per heavy atom. The predicted molar refractivity (Wildman–Crippen MR) is 63.3 cm³/mol. The Bertz CT molecular complexity index is 296. The van der Waals surface area contributed by atoms with Crippen LogP contribution in [0.25, 0.3) is 0 Å². The lowest BCUT2D eigenvalue weighted by Gasteiger charge is -2.34. The van der Waals surface area contributed by atoms with Crippen LogP contribution in [0.5, 0.6) is 0 Å². The lowest BCUT2D eigenvalue weighted by molar-refractivity contribution is 0.0107. The van der Waals surface area contributed by atoms with Crippen molar-refractivity contribution in [2.75, 3.05) is 32.9 Å². The van der Waals surface area contributed by atoms with Crippen LogP contribution in [0.3, 0.4) is 0 Å². The first kappa shape index (κ1) is 11.6. The number of rotatable bonds is 4. The summed E-state index contributed by atoms with van der Waals surface area (Å²) in [6, 6.07) is 10.7. The van der Waals surface area contributed by atoms with Crippen LogP contribution in [0.1, 0.15) is 18.0 Å². The van der Waals surface area contributed by atoms with E-state index in [1.165, 1.54) is 5.56 Å². The largest absolute Gasteiger partial charge is 0.396 e. The topological polar surface area (TPSA) is 32.7 Å². The summed E-state index contributed by atoms with van der Waals surface area (Å²) in [5.74, 6) is 0. The zero-order valence-electron chi connectivity index (χ0n) is 9.51. The van der Waals surface area contributed by atoms with Crippen LogP contribution >= 0.6 is 0 Å². The summed E-state index contributed by atoms with van der Waals surface area (Å²) in [5, 5.41) is 9.17. The minimum atomic E-state index is 0.233. The highest BCUT2D eigenvalue weighted by Gasteiger charge is 2.21. The molecule has 16 heavy (non-hydrogen) atoms. The van der Waals surface area contributed by atoms with Crippen LogP contribution in [0.4, 0.5) is 0 Å². The number of morpholine rings is 1. The van der Waals surface area contributed by atoms with Gasteiger partial charge >= 0.3 is 0 Å². The Labute approximate surface area is 96.6 Å². The number of hydrogen-bond donors (Lipinski definition) is 1. The van der Waals surface area contributed by atoms with Crippen molar-refractivity contribution in [2.24, 2.45) is 0 Å². The summed E-state index contributed by atoms with van der Waals surface area (Å²) in [4.78, 5) is 2.40. The quantitative estimate of drug-likeness (QED) is 0.835. The minimum Gasteiger partial charge on any atom is -0.396 e. The van der Waals surface area contributed by atoms with Gasteiger partial charge in [-0.3, -0.25) is 4.90 Å². The summed E-state index contributed by atoms with van der Waals surface area (Å²) < 4.78 is 5.36. The summed E-state index contributed by atoms with van der Waals surface area (Å²) in [7, 11) is 0. The summed E-state index contributed by atoms with van der Waals surface area (Å²) in [6.45, 7) is 3.75. The van der Waals surface area contributed by atoms with Crippen LogP contribution in [-0.2, 0) is 4.74 Å². The van der Waals surface area contributed by atoms with Gasteiger partial charge < -0.3 is 9.84 Å².